The summed E-state index contributed by atoms with van der Waals surface area (Å²) in [4.78, 5) is 7.53. The van der Waals surface area contributed by atoms with E-state index in [2.05, 4.69) is 15.3 Å². The molecule has 1 heterocycles. The van der Waals surface area contributed by atoms with Gasteiger partial charge in [0.05, 0.1) is 18.4 Å². The monoisotopic (exact) mass is 281 g/mol. The molecule has 0 aliphatic rings. The van der Waals surface area contributed by atoms with E-state index in [-0.39, 0.29) is 5.82 Å². The Balaban J connectivity index is 1.72. The van der Waals surface area contributed by atoms with Gasteiger partial charge in [-0.15, -0.1) is 0 Å². The second-order valence-electron chi connectivity index (χ2n) is 4.93. The summed E-state index contributed by atoms with van der Waals surface area (Å²) in [6.45, 7) is 2.35. The van der Waals surface area contributed by atoms with Crippen LogP contribution in [0.4, 0.5) is 10.1 Å². The highest BCUT2D eigenvalue weighted by molar-refractivity contribution is 5.59. The molecule has 0 saturated heterocycles. The smallest absolute Gasteiger partial charge is 0.126 e. The van der Waals surface area contributed by atoms with Crippen LogP contribution < -0.4 is 5.32 Å². The van der Waals surface area contributed by atoms with E-state index in [1.165, 1.54) is 6.07 Å². The van der Waals surface area contributed by atoms with Crippen LogP contribution in [0.15, 0.2) is 54.7 Å². The minimum absolute atomic E-state index is 0.203. The van der Waals surface area contributed by atoms with Crippen LogP contribution in [0.2, 0.25) is 0 Å². The van der Waals surface area contributed by atoms with E-state index >= 15 is 0 Å². The molecule has 3 rings (SSSR count). The van der Waals surface area contributed by atoms with Crippen LogP contribution in [0.3, 0.4) is 0 Å². The molecule has 0 unspecified atom stereocenters. The maximum absolute atomic E-state index is 13.6. The maximum Gasteiger partial charge on any atom is 0.126 e. The molecule has 0 aliphatic carbocycles. The van der Waals surface area contributed by atoms with Crippen LogP contribution in [0.5, 0.6) is 0 Å². The maximum atomic E-state index is 13.6. The summed E-state index contributed by atoms with van der Waals surface area (Å²) in [5.41, 5.74) is 3.30. The zero-order chi connectivity index (χ0) is 14.7. The van der Waals surface area contributed by atoms with Crippen molar-refractivity contribution in [1.82, 2.24) is 9.97 Å². The minimum atomic E-state index is -0.203. The SMILES string of the molecule is Cc1ccc(-c2cnc(CNc3ccccc3)[nH]2)cc1F. The number of hydrogen-bond donors (Lipinski definition) is 2. The number of benzene rings is 2. The van der Waals surface area contributed by atoms with Gasteiger partial charge in [-0.25, -0.2) is 9.37 Å². The molecule has 0 amide bonds. The van der Waals surface area contributed by atoms with Crippen molar-refractivity contribution < 1.29 is 4.39 Å². The number of aromatic nitrogens is 2. The molecule has 0 atom stereocenters. The van der Waals surface area contributed by atoms with Gasteiger partial charge in [0, 0.05) is 11.3 Å². The summed E-state index contributed by atoms with van der Waals surface area (Å²) in [6, 6.07) is 15.1. The third-order valence-electron chi connectivity index (χ3n) is 3.35. The Labute approximate surface area is 122 Å². The number of hydrogen-bond acceptors (Lipinski definition) is 2. The molecule has 3 aromatic rings. The predicted octanol–water partition coefficient (Wildman–Crippen LogP) is 4.14. The van der Waals surface area contributed by atoms with Gasteiger partial charge < -0.3 is 10.3 Å². The summed E-state index contributed by atoms with van der Waals surface area (Å²) in [5.74, 6) is 0.612. The fourth-order valence-electron chi connectivity index (χ4n) is 2.10. The van der Waals surface area contributed by atoms with Crippen molar-refractivity contribution in [2.75, 3.05) is 5.32 Å². The number of imidazole rings is 1. The molecule has 0 aliphatic heterocycles. The molecule has 0 radical (unpaired) electrons. The highest BCUT2D eigenvalue weighted by atomic mass is 19.1. The van der Waals surface area contributed by atoms with Gasteiger partial charge in [0.2, 0.25) is 0 Å². The number of aromatic amines is 1. The summed E-state index contributed by atoms with van der Waals surface area (Å²) < 4.78 is 13.6. The normalized spacial score (nSPS) is 10.6. The van der Waals surface area contributed by atoms with Gasteiger partial charge in [0.1, 0.15) is 11.6 Å². The van der Waals surface area contributed by atoms with Gasteiger partial charge in [0.15, 0.2) is 0 Å². The zero-order valence-electron chi connectivity index (χ0n) is 11.7. The summed E-state index contributed by atoms with van der Waals surface area (Å²) in [5, 5.41) is 3.28. The Morgan fingerprint density at radius 1 is 1.14 bits per heavy atom. The second-order valence-corrected chi connectivity index (χ2v) is 4.93. The van der Waals surface area contributed by atoms with E-state index in [1.54, 1.807) is 19.2 Å². The first-order valence-electron chi connectivity index (χ1n) is 6.82. The molecule has 0 fully saturated rings. The molecular formula is C17H16FN3. The van der Waals surface area contributed by atoms with Gasteiger partial charge in [-0.2, -0.15) is 0 Å². The number of anilines is 1. The Morgan fingerprint density at radius 2 is 1.95 bits per heavy atom. The van der Waals surface area contributed by atoms with Crippen molar-refractivity contribution >= 4 is 5.69 Å². The van der Waals surface area contributed by atoms with Gasteiger partial charge in [0.25, 0.3) is 0 Å². The summed E-state index contributed by atoms with van der Waals surface area (Å²) in [7, 11) is 0. The number of halogens is 1. The van der Waals surface area contributed by atoms with E-state index in [4.69, 9.17) is 0 Å². The molecule has 2 N–H and O–H groups in total. The van der Waals surface area contributed by atoms with Gasteiger partial charge in [-0.3, -0.25) is 0 Å². The average molecular weight is 281 g/mol. The quantitative estimate of drug-likeness (QED) is 0.754. The summed E-state index contributed by atoms with van der Waals surface area (Å²) in [6.07, 6.45) is 1.73. The predicted molar refractivity (Wildman–Crippen MR) is 82.5 cm³/mol. The molecule has 4 heteroatoms. The lowest BCUT2D eigenvalue weighted by atomic mass is 10.1. The molecule has 21 heavy (non-hydrogen) atoms. The fourth-order valence-corrected chi connectivity index (χ4v) is 2.10. The number of aryl methyl sites for hydroxylation is 1. The van der Waals surface area contributed by atoms with Crippen molar-refractivity contribution in [3.63, 3.8) is 0 Å². The van der Waals surface area contributed by atoms with E-state index in [0.717, 1.165) is 22.8 Å². The third kappa shape index (κ3) is 3.11. The number of para-hydroxylation sites is 1. The first-order valence-corrected chi connectivity index (χ1v) is 6.82. The Kier molecular flexibility index (Phi) is 3.69. The van der Waals surface area contributed by atoms with Gasteiger partial charge in [-0.05, 0) is 30.7 Å². The molecule has 106 valence electrons. The minimum Gasteiger partial charge on any atom is -0.378 e. The van der Waals surface area contributed by atoms with Crippen molar-refractivity contribution in [2.45, 2.75) is 13.5 Å². The topological polar surface area (TPSA) is 40.7 Å². The van der Waals surface area contributed by atoms with Crippen LogP contribution in [0.25, 0.3) is 11.3 Å². The van der Waals surface area contributed by atoms with Crippen molar-refractivity contribution in [2.24, 2.45) is 0 Å². The van der Waals surface area contributed by atoms with Crippen LogP contribution in [-0.2, 0) is 6.54 Å². The molecule has 0 saturated carbocycles. The molecular weight excluding hydrogens is 265 g/mol. The van der Waals surface area contributed by atoms with E-state index in [0.29, 0.717) is 12.1 Å². The highest BCUT2D eigenvalue weighted by Crippen LogP contribution is 2.20. The summed E-state index contributed by atoms with van der Waals surface area (Å²) >= 11 is 0. The lowest BCUT2D eigenvalue weighted by Crippen LogP contribution is -2.00. The first-order chi connectivity index (χ1) is 10.2. The van der Waals surface area contributed by atoms with Gasteiger partial charge >= 0.3 is 0 Å². The van der Waals surface area contributed by atoms with Crippen LogP contribution >= 0.6 is 0 Å². The number of nitrogens with one attached hydrogen (secondary N) is 2. The standard InChI is InChI=1S/C17H16FN3/c1-12-7-8-13(9-15(12)18)16-10-20-17(21-16)11-19-14-5-3-2-4-6-14/h2-10,19H,11H2,1H3,(H,20,21). The van der Waals surface area contributed by atoms with Crippen molar-refractivity contribution in [1.29, 1.82) is 0 Å². The molecule has 0 bridgehead atoms. The Bertz CT molecular complexity index is 735. The lowest BCUT2D eigenvalue weighted by Gasteiger charge is -2.03. The molecule has 3 nitrogen and oxygen atoms in total. The molecule has 1 aromatic heterocycles. The third-order valence-corrected chi connectivity index (χ3v) is 3.35. The number of rotatable bonds is 4. The fraction of sp³-hybridized carbons (Fsp3) is 0.118. The van der Waals surface area contributed by atoms with Crippen LogP contribution in [0, 0.1) is 12.7 Å². The van der Waals surface area contributed by atoms with Crippen LogP contribution in [0.1, 0.15) is 11.4 Å². The largest absolute Gasteiger partial charge is 0.378 e. The van der Waals surface area contributed by atoms with Gasteiger partial charge in [-0.1, -0.05) is 30.3 Å². The number of nitrogens with zero attached hydrogens (tertiary/aromatic N) is 1. The highest BCUT2D eigenvalue weighted by Gasteiger charge is 2.05. The van der Waals surface area contributed by atoms with E-state index in [9.17, 15) is 4.39 Å². The second kappa shape index (κ2) is 5.79. The average Bonchev–Trinajstić information content (AvgIpc) is 2.98. The number of H-pyrrole nitrogens is 1. The Hall–Kier alpha value is -2.62. The van der Waals surface area contributed by atoms with E-state index < -0.39 is 0 Å². The van der Waals surface area contributed by atoms with Crippen LogP contribution in [-0.4, -0.2) is 9.97 Å². The Morgan fingerprint density at radius 3 is 2.71 bits per heavy atom. The first kappa shape index (κ1) is 13.4. The molecule has 0 spiro atoms. The van der Waals surface area contributed by atoms with Crippen molar-refractivity contribution in [3.05, 3.63) is 71.9 Å². The zero-order valence-corrected chi connectivity index (χ0v) is 11.7. The lowest BCUT2D eigenvalue weighted by molar-refractivity contribution is 0.619. The van der Waals surface area contributed by atoms with E-state index in [1.807, 2.05) is 36.4 Å². The molecule has 2 aromatic carbocycles. The van der Waals surface area contributed by atoms with Crippen molar-refractivity contribution in [3.8, 4) is 11.3 Å².